The molecule has 1 aromatic rings. The Morgan fingerprint density at radius 3 is 2.50 bits per heavy atom. The summed E-state index contributed by atoms with van der Waals surface area (Å²) in [4.78, 5) is 0. The summed E-state index contributed by atoms with van der Waals surface area (Å²) in [6.45, 7) is 8.00. The van der Waals surface area contributed by atoms with Gasteiger partial charge < -0.3 is 10.2 Å². The lowest BCUT2D eigenvalue weighted by Crippen LogP contribution is -2.16. The van der Waals surface area contributed by atoms with Gasteiger partial charge in [0.1, 0.15) is 0 Å². The Labute approximate surface area is 84.2 Å². The number of nitrogens with two attached hydrogens (primary N) is 1. The standard InChI is InChI=1S/C10H17N3O/c1-6(2)5-8-12-13-10(14-8)9(11)7(3)4/h5,7,9H,11H2,1-4H3. The predicted octanol–water partition coefficient (Wildman–Crippen LogP) is 2.15. The molecule has 4 nitrogen and oxygen atoms in total. The third kappa shape index (κ3) is 2.67. The first-order valence-corrected chi connectivity index (χ1v) is 4.74. The summed E-state index contributed by atoms with van der Waals surface area (Å²) in [7, 11) is 0. The molecule has 1 aromatic heterocycles. The summed E-state index contributed by atoms with van der Waals surface area (Å²) in [5.74, 6) is 1.33. The van der Waals surface area contributed by atoms with E-state index < -0.39 is 0 Å². The van der Waals surface area contributed by atoms with Crippen molar-refractivity contribution < 1.29 is 4.42 Å². The molecule has 2 N–H and O–H groups in total. The zero-order valence-corrected chi connectivity index (χ0v) is 9.11. The fourth-order valence-corrected chi connectivity index (χ4v) is 0.972. The van der Waals surface area contributed by atoms with Crippen LogP contribution in [0.25, 0.3) is 6.08 Å². The Bertz CT molecular complexity index is 324. The molecule has 1 unspecified atom stereocenters. The maximum absolute atomic E-state index is 5.86. The molecule has 1 heterocycles. The van der Waals surface area contributed by atoms with Crippen LogP contribution in [-0.4, -0.2) is 10.2 Å². The van der Waals surface area contributed by atoms with Crippen molar-refractivity contribution >= 4 is 6.08 Å². The fourth-order valence-electron chi connectivity index (χ4n) is 0.972. The van der Waals surface area contributed by atoms with E-state index in [1.807, 2.05) is 33.8 Å². The number of hydrogen-bond donors (Lipinski definition) is 1. The molecule has 0 bridgehead atoms. The van der Waals surface area contributed by atoms with Gasteiger partial charge in [-0.2, -0.15) is 0 Å². The van der Waals surface area contributed by atoms with Crippen molar-refractivity contribution in [2.75, 3.05) is 0 Å². The minimum absolute atomic E-state index is 0.179. The summed E-state index contributed by atoms with van der Waals surface area (Å²) in [6, 6.07) is -0.179. The molecule has 4 heteroatoms. The zero-order valence-electron chi connectivity index (χ0n) is 9.11. The number of rotatable bonds is 3. The van der Waals surface area contributed by atoms with Gasteiger partial charge in [-0.1, -0.05) is 19.4 Å². The molecule has 14 heavy (non-hydrogen) atoms. The normalized spacial score (nSPS) is 13.0. The molecule has 0 saturated heterocycles. The molecule has 1 atom stereocenters. The van der Waals surface area contributed by atoms with Crippen molar-refractivity contribution in [1.82, 2.24) is 10.2 Å². The monoisotopic (exact) mass is 195 g/mol. The van der Waals surface area contributed by atoms with Gasteiger partial charge in [0.25, 0.3) is 0 Å². The smallest absolute Gasteiger partial charge is 0.240 e. The lowest BCUT2D eigenvalue weighted by Gasteiger charge is -2.09. The highest BCUT2D eigenvalue weighted by molar-refractivity contribution is 5.40. The quantitative estimate of drug-likeness (QED) is 0.802. The van der Waals surface area contributed by atoms with Crippen LogP contribution in [0.4, 0.5) is 0 Å². The molecule has 0 radical (unpaired) electrons. The Morgan fingerprint density at radius 1 is 1.36 bits per heavy atom. The van der Waals surface area contributed by atoms with Crippen LogP contribution in [0.3, 0.4) is 0 Å². The first-order valence-electron chi connectivity index (χ1n) is 4.74. The largest absolute Gasteiger partial charge is 0.420 e. The van der Waals surface area contributed by atoms with Crippen molar-refractivity contribution in [1.29, 1.82) is 0 Å². The molecule has 0 amide bonds. The van der Waals surface area contributed by atoms with E-state index >= 15 is 0 Å². The van der Waals surface area contributed by atoms with E-state index in [0.29, 0.717) is 17.7 Å². The van der Waals surface area contributed by atoms with Crippen molar-refractivity contribution in [2.24, 2.45) is 11.7 Å². The Morgan fingerprint density at radius 2 is 2.00 bits per heavy atom. The van der Waals surface area contributed by atoms with E-state index in [9.17, 15) is 0 Å². The average Bonchev–Trinajstić information content (AvgIpc) is 2.50. The topological polar surface area (TPSA) is 64.9 Å². The zero-order chi connectivity index (χ0) is 10.7. The molecular weight excluding hydrogens is 178 g/mol. The van der Waals surface area contributed by atoms with Gasteiger partial charge in [0.05, 0.1) is 6.04 Å². The summed E-state index contributed by atoms with van der Waals surface area (Å²) in [6.07, 6.45) is 1.84. The Kier molecular flexibility index (Phi) is 3.41. The van der Waals surface area contributed by atoms with Gasteiger partial charge in [0.15, 0.2) is 0 Å². The van der Waals surface area contributed by atoms with Gasteiger partial charge >= 0.3 is 0 Å². The van der Waals surface area contributed by atoms with E-state index in [1.165, 1.54) is 0 Å². The summed E-state index contributed by atoms with van der Waals surface area (Å²) >= 11 is 0. The summed E-state index contributed by atoms with van der Waals surface area (Å²) < 4.78 is 5.39. The maximum Gasteiger partial charge on any atom is 0.240 e. The van der Waals surface area contributed by atoms with Crippen LogP contribution in [0.2, 0.25) is 0 Å². The average molecular weight is 195 g/mol. The summed E-state index contributed by atoms with van der Waals surface area (Å²) in [5.41, 5.74) is 6.99. The molecule has 0 aromatic carbocycles. The third-order valence-electron chi connectivity index (χ3n) is 1.87. The van der Waals surface area contributed by atoms with Crippen LogP contribution < -0.4 is 5.73 Å². The van der Waals surface area contributed by atoms with E-state index in [4.69, 9.17) is 10.2 Å². The van der Waals surface area contributed by atoms with Gasteiger partial charge in [-0.05, 0) is 19.8 Å². The first-order chi connectivity index (χ1) is 6.50. The second-order valence-electron chi connectivity index (χ2n) is 3.97. The van der Waals surface area contributed by atoms with Crippen LogP contribution in [0, 0.1) is 5.92 Å². The summed E-state index contributed by atoms with van der Waals surface area (Å²) in [5, 5.41) is 7.79. The number of allylic oxidation sites excluding steroid dienone is 1. The molecule has 0 aliphatic carbocycles. The van der Waals surface area contributed by atoms with Crippen LogP contribution >= 0.6 is 0 Å². The van der Waals surface area contributed by atoms with E-state index in [1.54, 1.807) is 0 Å². The maximum atomic E-state index is 5.86. The molecule has 78 valence electrons. The Hall–Kier alpha value is -1.16. The molecule has 1 rings (SSSR count). The molecular formula is C10H17N3O. The molecule has 0 spiro atoms. The third-order valence-corrected chi connectivity index (χ3v) is 1.87. The molecule has 0 saturated carbocycles. The van der Waals surface area contributed by atoms with Crippen LogP contribution in [-0.2, 0) is 0 Å². The Balaban J connectivity index is 2.83. The molecule has 0 aliphatic heterocycles. The fraction of sp³-hybridized carbons (Fsp3) is 0.600. The number of nitrogens with zero attached hydrogens (tertiary/aromatic N) is 2. The van der Waals surface area contributed by atoms with Gasteiger partial charge in [-0.25, -0.2) is 0 Å². The van der Waals surface area contributed by atoms with E-state index in [-0.39, 0.29) is 6.04 Å². The van der Waals surface area contributed by atoms with Crippen molar-refractivity contribution in [3.8, 4) is 0 Å². The lowest BCUT2D eigenvalue weighted by molar-refractivity contribution is 0.385. The van der Waals surface area contributed by atoms with Gasteiger partial charge in [0.2, 0.25) is 11.8 Å². The minimum Gasteiger partial charge on any atom is -0.420 e. The van der Waals surface area contributed by atoms with Gasteiger partial charge in [0, 0.05) is 6.08 Å². The highest BCUT2D eigenvalue weighted by Gasteiger charge is 2.16. The molecule has 0 fully saturated rings. The van der Waals surface area contributed by atoms with Crippen molar-refractivity contribution in [3.05, 3.63) is 17.4 Å². The van der Waals surface area contributed by atoms with Crippen molar-refractivity contribution in [2.45, 2.75) is 33.7 Å². The van der Waals surface area contributed by atoms with Gasteiger partial charge in [-0.15, -0.1) is 10.2 Å². The second-order valence-corrected chi connectivity index (χ2v) is 3.97. The SMILES string of the molecule is CC(C)=Cc1nnc(C(N)C(C)C)o1. The highest BCUT2D eigenvalue weighted by Crippen LogP contribution is 2.17. The minimum atomic E-state index is -0.179. The second kappa shape index (κ2) is 4.37. The van der Waals surface area contributed by atoms with E-state index in [2.05, 4.69) is 10.2 Å². The van der Waals surface area contributed by atoms with Crippen LogP contribution in [0.5, 0.6) is 0 Å². The lowest BCUT2D eigenvalue weighted by atomic mass is 10.1. The van der Waals surface area contributed by atoms with Gasteiger partial charge in [-0.3, -0.25) is 0 Å². The predicted molar refractivity (Wildman–Crippen MR) is 55.4 cm³/mol. The van der Waals surface area contributed by atoms with E-state index in [0.717, 1.165) is 5.57 Å². The van der Waals surface area contributed by atoms with Crippen LogP contribution in [0.15, 0.2) is 9.99 Å². The first kappa shape index (κ1) is 10.9. The molecule has 0 aliphatic rings. The number of hydrogen-bond acceptors (Lipinski definition) is 4. The number of aromatic nitrogens is 2. The van der Waals surface area contributed by atoms with Crippen molar-refractivity contribution in [3.63, 3.8) is 0 Å². The highest BCUT2D eigenvalue weighted by atomic mass is 16.4. The van der Waals surface area contributed by atoms with Crippen LogP contribution in [0.1, 0.15) is 45.5 Å².